The summed E-state index contributed by atoms with van der Waals surface area (Å²) in [7, 11) is 0. The zero-order valence-corrected chi connectivity index (χ0v) is 9.39. The molecular formula is C11H5ClF3NO2. The first-order valence-electron chi connectivity index (χ1n) is 4.73. The lowest BCUT2D eigenvalue weighted by molar-refractivity contribution is -0.137. The number of carbonyl (C=O) groups is 2. The molecule has 0 aliphatic carbocycles. The normalized spacial score (nSPS) is 15.7. The summed E-state index contributed by atoms with van der Waals surface area (Å²) in [5.41, 5.74) is -1.16. The fourth-order valence-electron chi connectivity index (χ4n) is 1.54. The molecule has 0 saturated heterocycles. The van der Waals surface area contributed by atoms with Crippen LogP contribution >= 0.6 is 11.6 Å². The minimum atomic E-state index is -4.62. The van der Waals surface area contributed by atoms with E-state index in [1.54, 1.807) is 0 Å². The van der Waals surface area contributed by atoms with E-state index in [1.165, 1.54) is 6.07 Å². The molecule has 1 N–H and O–H groups in total. The van der Waals surface area contributed by atoms with Gasteiger partial charge in [0.05, 0.1) is 16.2 Å². The van der Waals surface area contributed by atoms with Gasteiger partial charge in [0.15, 0.2) is 0 Å². The summed E-state index contributed by atoms with van der Waals surface area (Å²) >= 11 is 5.45. The molecule has 3 nitrogen and oxygen atoms in total. The molecule has 0 spiro atoms. The molecule has 1 aromatic rings. The van der Waals surface area contributed by atoms with E-state index < -0.39 is 28.6 Å². The average molecular weight is 276 g/mol. The van der Waals surface area contributed by atoms with Crippen LogP contribution in [0.5, 0.6) is 0 Å². The number of halogens is 4. The number of imide groups is 1. The summed E-state index contributed by atoms with van der Waals surface area (Å²) < 4.78 is 37.9. The largest absolute Gasteiger partial charge is 0.417 e. The van der Waals surface area contributed by atoms with Gasteiger partial charge in [-0.25, -0.2) is 0 Å². The van der Waals surface area contributed by atoms with Crippen LogP contribution in [-0.4, -0.2) is 11.8 Å². The third kappa shape index (κ3) is 2.24. The van der Waals surface area contributed by atoms with Crippen LogP contribution in [0.25, 0.3) is 5.57 Å². The molecule has 0 unspecified atom stereocenters. The maximum Gasteiger partial charge on any atom is 0.417 e. The fraction of sp³-hybridized carbons (Fsp3) is 0.0909. The highest BCUT2D eigenvalue weighted by molar-refractivity contribution is 6.34. The van der Waals surface area contributed by atoms with Crippen LogP contribution in [0.3, 0.4) is 0 Å². The minimum absolute atomic E-state index is 0.00456. The van der Waals surface area contributed by atoms with E-state index in [9.17, 15) is 22.8 Å². The van der Waals surface area contributed by atoms with Gasteiger partial charge in [0, 0.05) is 6.08 Å². The van der Waals surface area contributed by atoms with Gasteiger partial charge in [-0.3, -0.25) is 14.9 Å². The van der Waals surface area contributed by atoms with E-state index >= 15 is 0 Å². The quantitative estimate of drug-likeness (QED) is 0.800. The lowest BCUT2D eigenvalue weighted by Gasteiger charge is -2.10. The Balaban J connectivity index is 2.52. The number of benzene rings is 1. The molecule has 1 aliphatic heterocycles. The Morgan fingerprint density at radius 1 is 1.17 bits per heavy atom. The van der Waals surface area contributed by atoms with Crippen molar-refractivity contribution in [3.63, 3.8) is 0 Å². The van der Waals surface area contributed by atoms with Gasteiger partial charge >= 0.3 is 6.18 Å². The van der Waals surface area contributed by atoms with Crippen molar-refractivity contribution >= 4 is 29.0 Å². The van der Waals surface area contributed by atoms with Gasteiger partial charge in [0.2, 0.25) is 0 Å². The van der Waals surface area contributed by atoms with Crippen molar-refractivity contribution in [1.29, 1.82) is 0 Å². The Morgan fingerprint density at radius 3 is 2.33 bits per heavy atom. The summed E-state index contributed by atoms with van der Waals surface area (Å²) in [5.74, 6) is -1.38. The molecule has 0 saturated carbocycles. The molecule has 0 bridgehead atoms. The number of hydrogen-bond acceptors (Lipinski definition) is 2. The molecule has 0 fully saturated rings. The predicted octanol–water partition coefficient (Wildman–Crippen LogP) is 2.40. The van der Waals surface area contributed by atoms with E-state index in [1.807, 2.05) is 5.32 Å². The molecular weight excluding hydrogens is 271 g/mol. The molecule has 2 amide bonds. The van der Waals surface area contributed by atoms with Gasteiger partial charge in [0.1, 0.15) is 0 Å². The number of alkyl halides is 3. The van der Waals surface area contributed by atoms with Crippen molar-refractivity contribution in [2.75, 3.05) is 0 Å². The number of amides is 2. The second-order valence-electron chi connectivity index (χ2n) is 3.57. The molecule has 0 radical (unpaired) electrons. The zero-order chi connectivity index (χ0) is 13.5. The number of carbonyl (C=O) groups excluding carboxylic acids is 2. The van der Waals surface area contributed by atoms with E-state index in [0.717, 1.165) is 18.2 Å². The van der Waals surface area contributed by atoms with E-state index in [2.05, 4.69) is 0 Å². The lowest BCUT2D eigenvalue weighted by atomic mass is 10.0. The van der Waals surface area contributed by atoms with Crippen LogP contribution in [0.1, 0.15) is 11.1 Å². The first-order chi connectivity index (χ1) is 8.29. The maximum atomic E-state index is 12.6. The fourth-order valence-corrected chi connectivity index (χ4v) is 1.76. The van der Waals surface area contributed by atoms with Crippen molar-refractivity contribution in [3.8, 4) is 0 Å². The predicted molar refractivity (Wildman–Crippen MR) is 57.6 cm³/mol. The highest BCUT2D eigenvalue weighted by Crippen LogP contribution is 2.36. The highest BCUT2D eigenvalue weighted by Gasteiger charge is 2.34. The monoisotopic (exact) mass is 275 g/mol. The summed E-state index contributed by atoms with van der Waals surface area (Å²) in [5, 5.41) is 1.49. The Hall–Kier alpha value is -1.82. The summed E-state index contributed by atoms with van der Waals surface area (Å²) in [6.07, 6.45) is -3.67. The van der Waals surface area contributed by atoms with E-state index in [-0.39, 0.29) is 11.1 Å². The van der Waals surface area contributed by atoms with Crippen molar-refractivity contribution in [3.05, 3.63) is 40.4 Å². The molecule has 0 aromatic heterocycles. The Bertz CT molecular complexity index is 578. The molecule has 2 rings (SSSR count). The van der Waals surface area contributed by atoms with Gasteiger partial charge in [-0.05, 0) is 17.7 Å². The van der Waals surface area contributed by atoms with Crippen molar-refractivity contribution in [1.82, 2.24) is 5.32 Å². The van der Waals surface area contributed by atoms with Crippen LogP contribution < -0.4 is 5.32 Å². The third-order valence-corrected chi connectivity index (χ3v) is 2.67. The number of rotatable bonds is 1. The highest BCUT2D eigenvalue weighted by atomic mass is 35.5. The molecule has 1 aliphatic rings. The molecule has 1 heterocycles. The average Bonchev–Trinajstić information content (AvgIpc) is 2.57. The molecule has 18 heavy (non-hydrogen) atoms. The number of hydrogen-bond donors (Lipinski definition) is 1. The molecule has 94 valence electrons. The first-order valence-corrected chi connectivity index (χ1v) is 5.11. The zero-order valence-electron chi connectivity index (χ0n) is 8.64. The molecule has 0 atom stereocenters. The third-order valence-electron chi connectivity index (χ3n) is 2.34. The Kier molecular flexibility index (Phi) is 2.90. The SMILES string of the molecule is O=C1C=C(c2ccc(Cl)c(C(F)(F)F)c2)C(=O)N1. The van der Waals surface area contributed by atoms with Gasteiger partial charge in [-0.15, -0.1) is 0 Å². The Labute approximate surface area is 104 Å². The van der Waals surface area contributed by atoms with Gasteiger partial charge in [-0.2, -0.15) is 13.2 Å². The minimum Gasteiger partial charge on any atom is -0.289 e. The maximum absolute atomic E-state index is 12.6. The topological polar surface area (TPSA) is 46.2 Å². The standard InChI is InChI=1S/C11H5ClF3NO2/c12-8-2-1-5(3-7(8)11(13,14)15)6-4-9(17)16-10(6)18/h1-4H,(H,16,17,18). The van der Waals surface area contributed by atoms with E-state index in [0.29, 0.717) is 0 Å². The van der Waals surface area contributed by atoms with Crippen LogP contribution in [0.2, 0.25) is 5.02 Å². The van der Waals surface area contributed by atoms with Crippen LogP contribution in [-0.2, 0) is 15.8 Å². The first kappa shape index (κ1) is 12.6. The van der Waals surface area contributed by atoms with Crippen molar-refractivity contribution in [2.45, 2.75) is 6.18 Å². The van der Waals surface area contributed by atoms with Crippen LogP contribution in [0, 0.1) is 0 Å². The second-order valence-corrected chi connectivity index (χ2v) is 3.98. The van der Waals surface area contributed by atoms with Gasteiger partial charge in [0.25, 0.3) is 11.8 Å². The smallest absolute Gasteiger partial charge is 0.289 e. The molecule has 1 aromatic carbocycles. The second kappa shape index (κ2) is 4.13. The van der Waals surface area contributed by atoms with Gasteiger partial charge in [-0.1, -0.05) is 17.7 Å². The summed E-state index contributed by atoms with van der Waals surface area (Å²) in [6, 6.07) is 3.03. The van der Waals surface area contributed by atoms with Crippen molar-refractivity contribution < 1.29 is 22.8 Å². The van der Waals surface area contributed by atoms with Gasteiger partial charge < -0.3 is 0 Å². The summed E-state index contributed by atoms with van der Waals surface area (Å²) in [4.78, 5) is 22.2. The molecule has 7 heteroatoms. The van der Waals surface area contributed by atoms with Crippen LogP contribution in [0.15, 0.2) is 24.3 Å². The number of nitrogens with one attached hydrogen (secondary N) is 1. The Morgan fingerprint density at radius 2 is 1.83 bits per heavy atom. The van der Waals surface area contributed by atoms with E-state index in [4.69, 9.17) is 11.6 Å². The lowest BCUT2D eigenvalue weighted by Crippen LogP contribution is -2.21. The summed E-state index contributed by atoms with van der Waals surface area (Å²) in [6.45, 7) is 0. The van der Waals surface area contributed by atoms with Crippen LogP contribution in [0.4, 0.5) is 13.2 Å². The van der Waals surface area contributed by atoms with Crippen molar-refractivity contribution in [2.24, 2.45) is 0 Å².